The van der Waals surface area contributed by atoms with Crippen molar-refractivity contribution in [3.05, 3.63) is 35.4 Å². The molecule has 1 aliphatic rings. The van der Waals surface area contributed by atoms with Crippen LogP contribution in [0.2, 0.25) is 0 Å². The first-order valence-electron chi connectivity index (χ1n) is 8.80. The first kappa shape index (κ1) is 17.9. The molecule has 2 aromatic rings. The lowest BCUT2D eigenvalue weighted by Gasteiger charge is -2.09. The highest BCUT2D eigenvalue weighted by atomic mass is 16.3. The minimum atomic E-state index is 0.0672. The number of aryl methyl sites for hydroxylation is 1. The van der Waals surface area contributed by atoms with Crippen LogP contribution in [0.4, 0.5) is 17.6 Å². The van der Waals surface area contributed by atoms with Crippen LogP contribution in [0.25, 0.3) is 0 Å². The van der Waals surface area contributed by atoms with E-state index in [1.807, 2.05) is 32.9 Å². The number of aromatic nitrogens is 4. The number of aliphatic hydroxyl groups is 1. The van der Waals surface area contributed by atoms with Crippen LogP contribution in [-0.4, -0.2) is 37.5 Å². The smallest absolute Gasteiger partial charge is 0.225 e. The Kier molecular flexibility index (Phi) is 5.20. The minimum absolute atomic E-state index is 0.0672. The topological polar surface area (TPSA) is 123 Å². The third-order valence-electron chi connectivity index (χ3n) is 4.10. The fourth-order valence-corrected chi connectivity index (χ4v) is 2.41. The molecule has 5 N–H and O–H groups in total. The quantitative estimate of drug-likeness (QED) is 0.364. The van der Waals surface area contributed by atoms with Crippen molar-refractivity contribution in [2.24, 2.45) is 5.92 Å². The van der Waals surface area contributed by atoms with Crippen LogP contribution < -0.4 is 10.6 Å². The summed E-state index contributed by atoms with van der Waals surface area (Å²) in [6.45, 7) is 5.85. The zero-order valence-corrected chi connectivity index (χ0v) is 15.3. The summed E-state index contributed by atoms with van der Waals surface area (Å²) in [7, 11) is 0. The normalized spacial score (nSPS) is 14.5. The van der Waals surface area contributed by atoms with Gasteiger partial charge < -0.3 is 21.1 Å². The molecule has 8 nitrogen and oxygen atoms in total. The van der Waals surface area contributed by atoms with Crippen molar-refractivity contribution in [1.29, 1.82) is 5.41 Å². The third kappa shape index (κ3) is 4.81. The van der Waals surface area contributed by atoms with E-state index in [2.05, 4.69) is 30.8 Å². The predicted molar refractivity (Wildman–Crippen MR) is 102 cm³/mol. The number of hydrogen-bond donors (Lipinski definition) is 5. The highest BCUT2D eigenvalue weighted by molar-refractivity contribution is 5.94. The van der Waals surface area contributed by atoms with Crippen LogP contribution >= 0.6 is 0 Å². The lowest BCUT2D eigenvalue weighted by atomic mass is 10.1. The average Bonchev–Trinajstić information content (AvgIpc) is 3.32. The summed E-state index contributed by atoms with van der Waals surface area (Å²) in [6, 6.07) is 3.84. The second-order valence-corrected chi connectivity index (χ2v) is 6.93. The molecule has 8 heteroatoms. The lowest BCUT2D eigenvalue weighted by Crippen LogP contribution is -2.11. The van der Waals surface area contributed by atoms with E-state index in [1.54, 1.807) is 0 Å². The number of nitrogens with one attached hydrogen (secondary N) is 4. The summed E-state index contributed by atoms with van der Waals surface area (Å²) in [6.07, 6.45) is 3.89. The van der Waals surface area contributed by atoms with Gasteiger partial charge in [-0.2, -0.15) is 10.1 Å². The molecule has 0 spiro atoms. The zero-order valence-electron chi connectivity index (χ0n) is 15.3. The van der Waals surface area contributed by atoms with E-state index in [0.29, 0.717) is 23.4 Å². The number of rotatable bonds is 8. The molecule has 1 aliphatic carbocycles. The highest BCUT2D eigenvalue weighted by Crippen LogP contribution is 2.39. The van der Waals surface area contributed by atoms with Gasteiger partial charge in [-0.05, 0) is 31.8 Å². The Hall–Kier alpha value is -2.90. The van der Waals surface area contributed by atoms with Crippen LogP contribution in [0, 0.1) is 18.3 Å². The van der Waals surface area contributed by atoms with Crippen LogP contribution in [0.15, 0.2) is 24.0 Å². The monoisotopic (exact) mass is 355 g/mol. The Labute approximate surface area is 152 Å². The fourth-order valence-electron chi connectivity index (χ4n) is 2.41. The molecule has 2 heterocycles. The maximum absolute atomic E-state index is 9.94. The molecular weight excluding hydrogens is 330 g/mol. The molecule has 3 rings (SSSR count). The van der Waals surface area contributed by atoms with Crippen molar-refractivity contribution in [3.8, 4) is 0 Å². The molecule has 138 valence electrons. The van der Waals surface area contributed by atoms with Crippen LogP contribution in [0.5, 0.6) is 0 Å². The SMILES string of the molecule is Cc1cc(Nc2cc(C3CC3)[nH]n2)nc(NC/C(O)=C/C(=N)C(C)C)n1. The standard InChI is InChI=1S/C18H25N7O/c1-10(2)14(19)7-13(26)9-20-18-21-11(3)6-16(23-18)22-17-8-15(24-25-17)12-4-5-12/h6-8,10,12,19,26H,4-5,9H2,1-3H3,(H3,20,21,22,23,24,25)/b13-7-,19-14?. The molecule has 26 heavy (non-hydrogen) atoms. The summed E-state index contributed by atoms with van der Waals surface area (Å²) in [4.78, 5) is 8.73. The summed E-state index contributed by atoms with van der Waals surface area (Å²) in [5.41, 5.74) is 2.32. The zero-order chi connectivity index (χ0) is 18.7. The van der Waals surface area contributed by atoms with E-state index in [0.717, 1.165) is 17.2 Å². The summed E-state index contributed by atoms with van der Waals surface area (Å²) >= 11 is 0. The second kappa shape index (κ2) is 7.55. The maximum atomic E-state index is 9.94. The first-order chi connectivity index (χ1) is 12.4. The van der Waals surface area contributed by atoms with Gasteiger partial charge in [-0.1, -0.05) is 13.8 Å². The van der Waals surface area contributed by atoms with Crippen molar-refractivity contribution < 1.29 is 5.11 Å². The van der Waals surface area contributed by atoms with E-state index < -0.39 is 0 Å². The number of allylic oxidation sites excluding steroid dienone is 1. The Balaban J connectivity index is 1.64. The van der Waals surface area contributed by atoms with Gasteiger partial charge in [0.1, 0.15) is 11.6 Å². The van der Waals surface area contributed by atoms with Gasteiger partial charge in [-0.3, -0.25) is 5.10 Å². The van der Waals surface area contributed by atoms with Gasteiger partial charge >= 0.3 is 0 Å². The Morgan fingerprint density at radius 1 is 1.35 bits per heavy atom. The molecule has 1 fully saturated rings. The fraction of sp³-hybridized carbons (Fsp3) is 0.444. The van der Waals surface area contributed by atoms with Crippen LogP contribution in [-0.2, 0) is 0 Å². The molecule has 0 aliphatic heterocycles. The number of aliphatic hydroxyl groups excluding tert-OH is 1. The average molecular weight is 355 g/mol. The lowest BCUT2D eigenvalue weighted by molar-refractivity contribution is 0.408. The molecule has 0 saturated heterocycles. The highest BCUT2D eigenvalue weighted by Gasteiger charge is 2.25. The number of anilines is 3. The molecule has 0 bridgehead atoms. The van der Waals surface area contributed by atoms with Crippen molar-refractivity contribution in [2.45, 2.75) is 39.5 Å². The van der Waals surface area contributed by atoms with E-state index in [1.165, 1.54) is 18.9 Å². The summed E-state index contributed by atoms with van der Waals surface area (Å²) in [5.74, 6) is 2.52. The predicted octanol–water partition coefficient (Wildman–Crippen LogP) is 3.66. The summed E-state index contributed by atoms with van der Waals surface area (Å²) < 4.78 is 0. The summed E-state index contributed by atoms with van der Waals surface area (Å²) in [5, 5.41) is 31.2. The molecule has 0 aromatic carbocycles. The number of nitrogens with zero attached hydrogens (tertiary/aromatic N) is 3. The van der Waals surface area contributed by atoms with Gasteiger partial charge in [0.25, 0.3) is 0 Å². The van der Waals surface area contributed by atoms with Gasteiger partial charge in [0.2, 0.25) is 5.95 Å². The van der Waals surface area contributed by atoms with Crippen molar-refractivity contribution >= 4 is 23.3 Å². The molecular formula is C18H25N7O. The number of H-pyrrole nitrogens is 1. The van der Waals surface area contributed by atoms with Gasteiger partial charge in [0.05, 0.1) is 6.54 Å². The molecule has 2 aromatic heterocycles. The van der Waals surface area contributed by atoms with E-state index in [-0.39, 0.29) is 18.2 Å². The van der Waals surface area contributed by atoms with E-state index >= 15 is 0 Å². The minimum Gasteiger partial charge on any atom is -0.510 e. The van der Waals surface area contributed by atoms with Crippen molar-refractivity contribution in [3.63, 3.8) is 0 Å². The number of aromatic amines is 1. The van der Waals surface area contributed by atoms with Gasteiger partial charge in [-0.15, -0.1) is 0 Å². The van der Waals surface area contributed by atoms with Gasteiger partial charge in [0.15, 0.2) is 5.82 Å². The largest absolute Gasteiger partial charge is 0.510 e. The molecule has 0 amide bonds. The van der Waals surface area contributed by atoms with E-state index in [4.69, 9.17) is 5.41 Å². The Morgan fingerprint density at radius 3 is 2.81 bits per heavy atom. The maximum Gasteiger partial charge on any atom is 0.225 e. The van der Waals surface area contributed by atoms with Gasteiger partial charge in [-0.25, -0.2) is 4.98 Å². The molecule has 0 radical (unpaired) electrons. The van der Waals surface area contributed by atoms with E-state index in [9.17, 15) is 5.11 Å². The first-order valence-corrected chi connectivity index (χ1v) is 8.80. The van der Waals surface area contributed by atoms with Crippen LogP contribution in [0.1, 0.15) is 44.0 Å². The van der Waals surface area contributed by atoms with Crippen molar-refractivity contribution in [2.75, 3.05) is 17.2 Å². The molecule has 0 unspecified atom stereocenters. The second-order valence-electron chi connectivity index (χ2n) is 6.93. The Morgan fingerprint density at radius 2 is 2.12 bits per heavy atom. The van der Waals surface area contributed by atoms with Gasteiger partial charge in [0, 0.05) is 35.2 Å². The Bertz CT molecular complexity index is 821. The molecule has 1 saturated carbocycles. The number of hydrogen-bond acceptors (Lipinski definition) is 7. The molecule has 0 atom stereocenters. The van der Waals surface area contributed by atoms with Crippen LogP contribution in [0.3, 0.4) is 0 Å². The van der Waals surface area contributed by atoms with Crippen molar-refractivity contribution in [1.82, 2.24) is 20.2 Å². The third-order valence-corrected chi connectivity index (χ3v) is 4.10.